The van der Waals surface area contributed by atoms with Gasteiger partial charge in [0.05, 0.1) is 11.8 Å². The fourth-order valence-electron chi connectivity index (χ4n) is 2.73. The zero-order chi connectivity index (χ0) is 12.4. The van der Waals surface area contributed by atoms with E-state index in [-0.39, 0.29) is 6.10 Å². The van der Waals surface area contributed by atoms with Gasteiger partial charge in [0, 0.05) is 30.9 Å². The van der Waals surface area contributed by atoms with Crippen LogP contribution in [0, 0.1) is 6.92 Å². The minimum absolute atomic E-state index is 0.0801. The average molecular weight is 237 g/mol. The van der Waals surface area contributed by atoms with Crippen LogP contribution in [0.1, 0.15) is 49.9 Å². The van der Waals surface area contributed by atoms with E-state index in [0.717, 1.165) is 31.4 Å². The molecule has 0 aliphatic heterocycles. The Morgan fingerprint density at radius 3 is 2.59 bits per heavy atom. The Hall–Kier alpha value is -0.870. The number of hydrogen-bond acceptors (Lipinski definition) is 3. The monoisotopic (exact) mass is 237 g/mol. The highest BCUT2D eigenvalue weighted by atomic mass is 16.3. The van der Waals surface area contributed by atoms with Gasteiger partial charge >= 0.3 is 0 Å². The maximum atomic E-state index is 9.48. The van der Waals surface area contributed by atoms with Gasteiger partial charge in [0.25, 0.3) is 0 Å². The molecule has 1 saturated carbocycles. The number of rotatable bonds is 3. The van der Waals surface area contributed by atoms with Gasteiger partial charge in [0.1, 0.15) is 0 Å². The number of nitrogens with zero attached hydrogens (tertiary/aromatic N) is 2. The highest BCUT2D eigenvalue weighted by molar-refractivity contribution is 5.19. The summed E-state index contributed by atoms with van der Waals surface area (Å²) in [6.45, 7) is 4.24. The van der Waals surface area contributed by atoms with Crippen LogP contribution in [-0.2, 0) is 7.05 Å². The maximum absolute atomic E-state index is 9.48. The van der Waals surface area contributed by atoms with Crippen LogP contribution < -0.4 is 5.32 Å². The Morgan fingerprint density at radius 1 is 1.41 bits per heavy atom. The molecule has 2 rings (SSSR count). The molecule has 0 radical (unpaired) electrons. The van der Waals surface area contributed by atoms with Gasteiger partial charge in [-0.25, -0.2) is 0 Å². The standard InChI is InChI=1S/C13H23N3O/c1-9(13-8-16(3)15-10(13)2)14-11-4-6-12(17)7-5-11/h8-9,11-12,14,17H,4-7H2,1-3H3. The lowest BCUT2D eigenvalue weighted by molar-refractivity contribution is 0.114. The van der Waals surface area contributed by atoms with Crippen LogP contribution >= 0.6 is 0 Å². The first-order valence-corrected chi connectivity index (χ1v) is 6.50. The first-order valence-electron chi connectivity index (χ1n) is 6.50. The van der Waals surface area contributed by atoms with Gasteiger partial charge in [-0.2, -0.15) is 5.10 Å². The van der Waals surface area contributed by atoms with Crippen molar-refractivity contribution in [3.05, 3.63) is 17.5 Å². The number of nitrogens with one attached hydrogen (secondary N) is 1. The van der Waals surface area contributed by atoms with Gasteiger partial charge in [0.15, 0.2) is 0 Å². The molecule has 0 spiro atoms. The van der Waals surface area contributed by atoms with Crippen LogP contribution in [0.3, 0.4) is 0 Å². The third-order valence-corrected chi connectivity index (χ3v) is 3.70. The summed E-state index contributed by atoms with van der Waals surface area (Å²) in [5.74, 6) is 0. The van der Waals surface area contributed by atoms with Gasteiger partial charge in [-0.05, 0) is 39.5 Å². The fourth-order valence-corrected chi connectivity index (χ4v) is 2.73. The van der Waals surface area contributed by atoms with E-state index < -0.39 is 0 Å². The Balaban J connectivity index is 1.93. The first kappa shape index (κ1) is 12.6. The molecule has 0 amide bonds. The van der Waals surface area contributed by atoms with E-state index in [1.165, 1.54) is 5.56 Å². The fraction of sp³-hybridized carbons (Fsp3) is 0.769. The number of aliphatic hydroxyl groups excluding tert-OH is 1. The number of aromatic nitrogens is 2. The zero-order valence-electron chi connectivity index (χ0n) is 11.0. The molecule has 1 unspecified atom stereocenters. The summed E-state index contributed by atoms with van der Waals surface area (Å²) < 4.78 is 1.87. The Labute approximate surface area is 103 Å². The van der Waals surface area contributed by atoms with Crippen molar-refractivity contribution in [2.24, 2.45) is 7.05 Å². The molecule has 1 fully saturated rings. The SMILES string of the molecule is Cc1nn(C)cc1C(C)NC1CCC(O)CC1. The molecule has 96 valence electrons. The molecule has 2 N–H and O–H groups in total. The second-order valence-corrected chi connectivity index (χ2v) is 5.24. The highest BCUT2D eigenvalue weighted by Crippen LogP contribution is 2.22. The van der Waals surface area contributed by atoms with Crippen molar-refractivity contribution < 1.29 is 5.11 Å². The Morgan fingerprint density at radius 2 is 2.06 bits per heavy atom. The maximum Gasteiger partial charge on any atom is 0.0641 e. The van der Waals surface area contributed by atoms with Crippen LogP contribution in [0.15, 0.2) is 6.20 Å². The number of aliphatic hydroxyl groups is 1. The van der Waals surface area contributed by atoms with Crippen LogP contribution in [0.2, 0.25) is 0 Å². The number of hydrogen-bond donors (Lipinski definition) is 2. The lowest BCUT2D eigenvalue weighted by Gasteiger charge is -2.29. The van der Waals surface area contributed by atoms with Crippen LogP contribution in [-0.4, -0.2) is 27.0 Å². The molecule has 4 heteroatoms. The van der Waals surface area contributed by atoms with Crippen molar-refractivity contribution in [2.45, 2.75) is 57.7 Å². The first-order chi connectivity index (χ1) is 8.06. The van der Waals surface area contributed by atoms with E-state index in [0.29, 0.717) is 12.1 Å². The molecule has 1 aromatic rings. The number of aryl methyl sites for hydroxylation is 2. The van der Waals surface area contributed by atoms with E-state index >= 15 is 0 Å². The third-order valence-electron chi connectivity index (χ3n) is 3.70. The van der Waals surface area contributed by atoms with Crippen molar-refractivity contribution in [3.8, 4) is 0 Å². The molecule has 0 saturated heterocycles. The van der Waals surface area contributed by atoms with Crippen LogP contribution in [0.5, 0.6) is 0 Å². The minimum atomic E-state index is -0.0801. The van der Waals surface area contributed by atoms with E-state index in [1.807, 2.05) is 11.7 Å². The molecular weight excluding hydrogens is 214 g/mol. The summed E-state index contributed by atoms with van der Waals surface area (Å²) in [7, 11) is 1.96. The Kier molecular flexibility index (Phi) is 3.84. The Bertz CT molecular complexity index is 367. The lowest BCUT2D eigenvalue weighted by Crippen LogP contribution is -2.36. The predicted octanol–water partition coefficient (Wildman–Crippen LogP) is 1.68. The summed E-state index contributed by atoms with van der Waals surface area (Å²) in [5.41, 5.74) is 2.38. The van der Waals surface area contributed by atoms with E-state index in [4.69, 9.17) is 0 Å². The molecule has 17 heavy (non-hydrogen) atoms. The molecule has 0 aromatic carbocycles. The molecule has 1 atom stereocenters. The summed E-state index contributed by atoms with van der Waals surface area (Å²) >= 11 is 0. The van der Waals surface area contributed by atoms with E-state index in [2.05, 4.69) is 30.5 Å². The van der Waals surface area contributed by atoms with Crippen molar-refractivity contribution in [1.82, 2.24) is 15.1 Å². The molecular formula is C13H23N3O. The van der Waals surface area contributed by atoms with Crippen molar-refractivity contribution in [2.75, 3.05) is 0 Å². The van der Waals surface area contributed by atoms with Crippen LogP contribution in [0.4, 0.5) is 0 Å². The predicted molar refractivity (Wildman–Crippen MR) is 67.8 cm³/mol. The van der Waals surface area contributed by atoms with Crippen molar-refractivity contribution in [3.63, 3.8) is 0 Å². The van der Waals surface area contributed by atoms with Gasteiger partial charge in [-0.15, -0.1) is 0 Å². The molecule has 1 aliphatic carbocycles. The summed E-state index contributed by atoms with van der Waals surface area (Å²) in [4.78, 5) is 0. The minimum Gasteiger partial charge on any atom is -0.393 e. The molecule has 0 bridgehead atoms. The van der Waals surface area contributed by atoms with E-state index in [9.17, 15) is 5.11 Å². The molecule has 1 heterocycles. The van der Waals surface area contributed by atoms with Gasteiger partial charge in [-0.1, -0.05) is 0 Å². The van der Waals surface area contributed by atoms with Gasteiger partial charge < -0.3 is 10.4 Å². The second-order valence-electron chi connectivity index (χ2n) is 5.24. The normalized spacial score (nSPS) is 27.1. The average Bonchev–Trinajstić information content (AvgIpc) is 2.61. The highest BCUT2D eigenvalue weighted by Gasteiger charge is 2.22. The van der Waals surface area contributed by atoms with Gasteiger partial charge in [0.2, 0.25) is 0 Å². The molecule has 1 aromatic heterocycles. The largest absolute Gasteiger partial charge is 0.393 e. The second kappa shape index (κ2) is 5.19. The van der Waals surface area contributed by atoms with Crippen molar-refractivity contribution >= 4 is 0 Å². The van der Waals surface area contributed by atoms with Crippen molar-refractivity contribution in [1.29, 1.82) is 0 Å². The molecule has 4 nitrogen and oxygen atoms in total. The third kappa shape index (κ3) is 3.07. The lowest BCUT2D eigenvalue weighted by atomic mass is 9.92. The quantitative estimate of drug-likeness (QED) is 0.841. The topological polar surface area (TPSA) is 50.1 Å². The van der Waals surface area contributed by atoms with Gasteiger partial charge in [-0.3, -0.25) is 4.68 Å². The summed E-state index contributed by atoms with van der Waals surface area (Å²) in [5, 5.41) is 17.5. The smallest absolute Gasteiger partial charge is 0.0641 e. The zero-order valence-corrected chi connectivity index (χ0v) is 11.0. The van der Waals surface area contributed by atoms with Crippen LogP contribution in [0.25, 0.3) is 0 Å². The summed E-state index contributed by atoms with van der Waals surface area (Å²) in [6, 6.07) is 0.872. The molecule has 1 aliphatic rings. The summed E-state index contributed by atoms with van der Waals surface area (Å²) in [6.07, 6.45) is 6.01. The van der Waals surface area contributed by atoms with E-state index in [1.54, 1.807) is 0 Å².